The maximum Gasteiger partial charge on any atom is 0.103 e. The van der Waals surface area contributed by atoms with E-state index in [1.807, 2.05) is 6.07 Å². The van der Waals surface area contributed by atoms with Gasteiger partial charge < -0.3 is 4.90 Å². The summed E-state index contributed by atoms with van der Waals surface area (Å²) in [6, 6.07) is 8.53. The Kier molecular flexibility index (Phi) is 6.07. The second kappa shape index (κ2) is 7.33. The van der Waals surface area contributed by atoms with Crippen molar-refractivity contribution in [2.75, 3.05) is 23.7 Å². The van der Waals surface area contributed by atoms with Crippen LogP contribution in [0.3, 0.4) is 0 Å². The van der Waals surface area contributed by atoms with Gasteiger partial charge in [-0.1, -0.05) is 26.8 Å². The van der Waals surface area contributed by atoms with Crippen LogP contribution in [0.2, 0.25) is 0 Å². The van der Waals surface area contributed by atoms with Gasteiger partial charge >= 0.3 is 0 Å². The van der Waals surface area contributed by atoms with E-state index in [1.54, 1.807) is 11.8 Å². The van der Waals surface area contributed by atoms with Gasteiger partial charge in [-0.2, -0.15) is 5.26 Å². The summed E-state index contributed by atoms with van der Waals surface area (Å²) < 4.78 is 0. The summed E-state index contributed by atoms with van der Waals surface area (Å²) >= 11 is 1.74. The van der Waals surface area contributed by atoms with Gasteiger partial charge in [-0.25, -0.2) is 0 Å². The number of anilines is 1. The number of hydrogen-bond donors (Lipinski definition) is 0. The van der Waals surface area contributed by atoms with Gasteiger partial charge in [0, 0.05) is 18.0 Å². The molecular formula is C15H22N2S. The highest BCUT2D eigenvalue weighted by molar-refractivity contribution is 7.99. The van der Waals surface area contributed by atoms with Crippen molar-refractivity contribution in [3.8, 4) is 6.07 Å². The lowest BCUT2D eigenvalue weighted by molar-refractivity contribution is 0.618. The highest BCUT2D eigenvalue weighted by atomic mass is 32.2. The van der Waals surface area contributed by atoms with Gasteiger partial charge in [0.15, 0.2) is 0 Å². The molecule has 0 saturated heterocycles. The lowest BCUT2D eigenvalue weighted by atomic mass is 10.1. The van der Waals surface area contributed by atoms with Crippen LogP contribution in [0.4, 0.5) is 5.69 Å². The predicted molar refractivity (Wildman–Crippen MR) is 80.3 cm³/mol. The molecule has 0 N–H and O–H groups in total. The summed E-state index contributed by atoms with van der Waals surface area (Å²) in [5.41, 5.74) is 1.90. The minimum Gasteiger partial charge on any atom is -0.370 e. The number of rotatable bonds is 6. The molecular weight excluding hydrogens is 240 g/mol. The van der Waals surface area contributed by atoms with Gasteiger partial charge in [-0.15, -0.1) is 11.8 Å². The Labute approximate surface area is 115 Å². The van der Waals surface area contributed by atoms with E-state index < -0.39 is 0 Å². The Bertz CT molecular complexity index is 421. The molecule has 1 aromatic rings. The first-order valence-electron chi connectivity index (χ1n) is 6.54. The molecule has 18 heavy (non-hydrogen) atoms. The van der Waals surface area contributed by atoms with E-state index in [2.05, 4.69) is 50.8 Å². The molecule has 0 aliphatic rings. The fourth-order valence-electron chi connectivity index (χ4n) is 2.01. The van der Waals surface area contributed by atoms with Crippen molar-refractivity contribution in [2.24, 2.45) is 5.92 Å². The summed E-state index contributed by atoms with van der Waals surface area (Å²) in [5.74, 6) is 1.59. The molecule has 0 unspecified atom stereocenters. The first-order chi connectivity index (χ1) is 8.63. The monoisotopic (exact) mass is 262 g/mol. The first-order valence-corrected chi connectivity index (χ1v) is 7.53. The molecule has 98 valence electrons. The topological polar surface area (TPSA) is 27.0 Å². The van der Waals surface area contributed by atoms with Gasteiger partial charge in [0.1, 0.15) is 6.07 Å². The molecule has 0 spiro atoms. The summed E-state index contributed by atoms with van der Waals surface area (Å²) in [6.45, 7) is 10.6. The molecule has 0 heterocycles. The number of hydrogen-bond acceptors (Lipinski definition) is 3. The van der Waals surface area contributed by atoms with E-state index in [1.165, 1.54) is 0 Å². The van der Waals surface area contributed by atoms with Crippen LogP contribution in [-0.4, -0.2) is 18.8 Å². The van der Waals surface area contributed by atoms with Crippen molar-refractivity contribution in [3.63, 3.8) is 0 Å². The summed E-state index contributed by atoms with van der Waals surface area (Å²) in [6.07, 6.45) is 0. The average Bonchev–Trinajstić information content (AvgIpc) is 2.36. The van der Waals surface area contributed by atoms with Crippen molar-refractivity contribution in [3.05, 3.63) is 23.8 Å². The van der Waals surface area contributed by atoms with E-state index >= 15 is 0 Å². The lowest BCUT2D eigenvalue weighted by Crippen LogP contribution is -2.28. The molecule has 0 radical (unpaired) electrons. The molecule has 0 aliphatic carbocycles. The van der Waals surface area contributed by atoms with Gasteiger partial charge in [-0.05, 0) is 30.7 Å². The van der Waals surface area contributed by atoms with Crippen molar-refractivity contribution in [1.82, 2.24) is 0 Å². The van der Waals surface area contributed by atoms with E-state index in [-0.39, 0.29) is 0 Å². The smallest absolute Gasteiger partial charge is 0.103 e. The van der Waals surface area contributed by atoms with Crippen LogP contribution in [0.15, 0.2) is 23.1 Å². The molecule has 1 rings (SSSR count). The van der Waals surface area contributed by atoms with Gasteiger partial charge in [0.05, 0.1) is 11.3 Å². The Morgan fingerprint density at radius 2 is 2.06 bits per heavy atom. The van der Waals surface area contributed by atoms with Crippen molar-refractivity contribution in [2.45, 2.75) is 32.6 Å². The lowest BCUT2D eigenvalue weighted by Gasteiger charge is -2.26. The summed E-state index contributed by atoms with van der Waals surface area (Å²) in [5, 5.41) is 9.41. The molecule has 1 aromatic carbocycles. The highest BCUT2D eigenvalue weighted by Gasteiger charge is 2.14. The fourth-order valence-corrected chi connectivity index (χ4v) is 2.79. The minimum atomic E-state index is 0.596. The van der Waals surface area contributed by atoms with Crippen LogP contribution >= 0.6 is 11.8 Å². The second-order valence-corrected chi connectivity index (χ2v) is 5.93. The first kappa shape index (κ1) is 14.9. The molecule has 0 bridgehead atoms. The molecule has 0 saturated carbocycles. The Balaban J connectivity index is 3.14. The van der Waals surface area contributed by atoms with Gasteiger partial charge in [-0.3, -0.25) is 0 Å². The zero-order valence-corrected chi connectivity index (χ0v) is 12.5. The number of thioether (sulfide) groups is 1. The largest absolute Gasteiger partial charge is 0.370 e. The molecule has 2 nitrogen and oxygen atoms in total. The summed E-state index contributed by atoms with van der Waals surface area (Å²) in [4.78, 5) is 3.39. The van der Waals surface area contributed by atoms with Gasteiger partial charge in [0.25, 0.3) is 0 Å². The maximum absolute atomic E-state index is 9.41. The van der Waals surface area contributed by atoms with Crippen LogP contribution < -0.4 is 4.90 Å². The van der Waals surface area contributed by atoms with Crippen LogP contribution in [0, 0.1) is 17.2 Å². The maximum atomic E-state index is 9.41. The average molecular weight is 262 g/mol. The van der Waals surface area contributed by atoms with Gasteiger partial charge in [0.2, 0.25) is 0 Å². The van der Waals surface area contributed by atoms with Crippen molar-refractivity contribution < 1.29 is 0 Å². The zero-order valence-electron chi connectivity index (χ0n) is 11.7. The van der Waals surface area contributed by atoms with Crippen LogP contribution in [0.5, 0.6) is 0 Å². The normalized spacial score (nSPS) is 10.4. The molecule has 3 heteroatoms. The third kappa shape index (κ3) is 3.68. The zero-order chi connectivity index (χ0) is 13.5. The van der Waals surface area contributed by atoms with Crippen LogP contribution in [0.1, 0.15) is 33.3 Å². The Morgan fingerprint density at radius 1 is 1.33 bits per heavy atom. The summed E-state index contributed by atoms with van der Waals surface area (Å²) in [7, 11) is 0. The Hall–Kier alpha value is -1.14. The van der Waals surface area contributed by atoms with Crippen LogP contribution in [0.25, 0.3) is 0 Å². The quantitative estimate of drug-likeness (QED) is 0.721. The standard InChI is InChI=1S/C15H22N2S/c1-5-17(11-12(3)4)14-8-7-9-15(18-6-2)13(14)10-16/h7-9,12H,5-6,11H2,1-4H3. The van der Waals surface area contributed by atoms with E-state index in [0.29, 0.717) is 5.92 Å². The van der Waals surface area contributed by atoms with E-state index in [0.717, 1.165) is 35.0 Å². The SMILES string of the molecule is CCSc1cccc(N(CC)CC(C)C)c1C#N. The number of benzene rings is 1. The molecule has 0 amide bonds. The molecule has 0 fully saturated rings. The second-order valence-electron chi connectivity index (χ2n) is 4.63. The third-order valence-electron chi connectivity index (χ3n) is 2.72. The highest BCUT2D eigenvalue weighted by Crippen LogP contribution is 2.30. The predicted octanol–water partition coefficient (Wildman–Crippen LogP) is 4.15. The Morgan fingerprint density at radius 3 is 2.56 bits per heavy atom. The third-order valence-corrected chi connectivity index (χ3v) is 3.66. The molecule has 0 aliphatic heterocycles. The number of nitrogens with zero attached hydrogens (tertiary/aromatic N) is 2. The van der Waals surface area contributed by atoms with E-state index in [4.69, 9.17) is 0 Å². The van der Waals surface area contributed by atoms with Crippen molar-refractivity contribution >= 4 is 17.4 Å². The van der Waals surface area contributed by atoms with E-state index in [9.17, 15) is 5.26 Å². The minimum absolute atomic E-state index is 0.596. The molecule has 0 aromatic heterocycles. The molecule has 0 atom stereocenters. The van der Waals surface area contributed by atoms with Crippen molar-refractivity contribution in [1.29, 1.82) is 5.26 Å². The number of nitriles is 1. The van der Waals surface area contributed by atoms with Crippen LogP contribution in [-0.2, 0) is 0 Å². The fraction of sp³-hybridized carbons (Fsp3) is 0.533.